The number of H-pyrrole nitrogens is 1. The fourth-order valence-electron chi connectivity index (χ4n) is 3.95. The Hall–Kier alpha value is -1.99. The highest BCUT2D eigenvalue weighted by molar-refractivity contribution is 7.22. The summed E-state index contributed by atoms with van der Waals surface area (Å²) in [5.41, 5.74) is 4.53. The van der Waals surface area contributed by atoms with Gasteiger partial charge in [-0.3, -0.25) is 0 Å². The monoisotopic (exact) mass is 416 g/mol. The zero-order valence-corrected chi connectivity index (χ0v) is 17.7. The molecule has 1 saturated heterocycles. The normalized spacial score (nSPS) is 15.5. The number of thiophene rings is 1. The van der Waals surface area contributed by atoms with Gasteiger partial charge in [-0.2, -0.15) is 0 Å². The van der Waals surface area contributed by atoms with Gasteiger partial charge in [0.2, 0.25) is 0 Å². The number of likely N-dealkylation sites (tertiary alicyclic amines) is 1. The van der Waals surface area contributed by atoms with E-state index in [1.54, 1.807) is 0 Å². The lowest BCUT2D eigenvalue weighted by Gasteiger charge is -2.27. The Balaban J connectivity index is 0.00000112. The maximum Gasteiger partial charge on any atom is 0.132 e. The number of piperidine rings is 1. The molecule has 3 aromatic heterocycles. The van der Waals surface area contributed by atoms with Crippen LogP contribution in [0, 0.1) is 6.92 Å². The number of nitrogens with one attached hydrogen (secondary N) is 1. The largest absolute Gasteiger partial charge is 0.412 e. The Morgan fingerprint density at radius 1 is 1.18 bits per heavy atom. The molecule has 1 aromatic carbocycles. The molecule has 4 heterocycles. The number of aromatic amines is 1. The molecule has 0 bridgehead atoms. The number of aromatic nitrogens is 3. The van der Waals surface area contributed by atoms with Crippen LogP contribution in [0.4, 0.5) is 0 Å². The van der Waals surface area contributed by atoms with Crippen LogP contribution in [0.15, 0.2) is 36.5 Å². The Labute approximate surface area is 174 Å². The molecule has 0 aliphatic carbocycles. The molecule has 28 heavy (non-hydrogen) atoms. The number of fused-ring (bicyclic) bond motifs is 2. The second-order valence-electron chi connectivity index (χ2n) is 7.34. The maximum atomic E-state index is 4.90. The first kappa shape index (κ1) is 20.7. The van der Waals surface area contributed by atoms with Crippen molar-refractivity contribution in [3.8, 4) is 10.6 Å². The van der Waals surface area contributed by atoms with Crippen molar-refractivity contribution in [1.82, 2.24) is 19.9 Å². The van der Waals surface area contributed by atoms with Crippen LogP contribution in [0.25, 0.3) is 31.7 Å². The summed E-state index contributed by atoms with van der Waals surface area (Å²) in [6, 6.07) is 10.8. The molecule has 1 fully saturated rings. The zero-order chi connectivity index (χ0) is 17.7. The minimum absolute atomic E-state index is 0. The molecule has 0 radical (unpaired) electrons. The number of rotatable bonds is 2. The van der Waals surface area contributed by atoms with E-state index in [-0.39, 0.29) is 17.9 Å². The first-order valence-electron chi connectivity index (χ1n) is 9.22. The second-order valence-corrected chi connectivity index (χ2v) is 8.39. The van der Waals surface area contributed by atoms with Crippen LogP contribution in [0.1, 0.15) is 30.1 Å². The molecule has 1 aliphatic heterocycles. The third kappa shape index (κ3) is 3.53. The Kier molecular flexibility index (Phi) is 6.05. The minimum Gasteiger partial charge on any atom is -0.412 e. The van der Waals surface area contributed by atoms with Crippen LogP contribution >= 0.6 is 23.7 Å². The highest BCUT2D eigenvalue weighted by atomic mass is 35.5. The SMILES string of the molecule is Cc1c(-c2cc3nc(C4CCN(C)CC4)ncc3[nH]2)sc2ccccc12.Cl.O. The van der Waals surface area contributed by atoms with Gasteiger partial charge in [0.25, 0.3) is 0 Å². The molecule has 3 N–H and O–H groups in total. The Morgan fingerprint density at radius 2 is 1.93 bits per heavy atom. The van der Waals surface area contributed by atoms with Gasteiger partial charge in [0.1, 0.15) is 5.82 Å². The average molecular weight is 417 g/mol. The lowest BCUT2D eigenvalue weighted by molar-refractivity contribution is 0.251. The molecular weight excluding hydrogens is 392 g/mol. The van der Waals surface area contributed by atoms with Crippen LogP contribution in [-0.4, -0.2) is 45.5 Å². The van der Waals surface area contributed by atoms with E-state index in [1.165, 1.54) is 20.5 Å². The number of hydrogen-bond acceptors (Lipinski definition) is 4. The molecule has 5 nitrogen and oxygen atoms in total. The second kappa shape index (κ2) is 8.17. The average Bonchev–Trinajstić information content (AvgIpc) is 3.23. The van der Waals surface area contributed by atoms with Gasteiger partial charge in [-0.05, 0) is 63.0 Å². The summed E-state index contributed by atoms with van der Waals surface area (Å²) in [5.74, 6) is 1.49. The van der Waals surface area contributed by atoms with Crippen molar-refractivity contribution in [3.05, 3.63) is 47.9 Å². The van der Waals surface area contributed by atoms with Gasteiger partial charge >= 0.3 is 0 Å². The predicted octanol–water partition coefficient (Wildman–Crippen LogP) is 4.55. The van der Waals surface area contributed by atoms with Crippen molar-refractivity contribution in [2.45, 2.75) is 25.7 Å². The van der Waals surface area contributed by atoms with Gasteiger partial charge in [0.15, 0.2) is 0 Å². The van der Waals surface area contributed by atoms with Crippen molar-refractivity contribution in [2.75, 3.05) is 20.1 Å². The van der Waals surface area contributed by atoms with Crippen molar-refractivity contribution < 1.29 is 5.48 Å². The minimum atomic E-state index is 0. The highest BCUT2D eigenvalue weighted by Gasteiger charge is 2.21. The van der Waals surface area contributed by atoms with E-state index in [4.69, 9.17) is 4.98 Å². The predicted molar refractivity (Wildman–Crippen MR) is 120 cm³/mol. The van der Waals surface area contributed by atoms with Gasteiger partial charge in [-0.1, -0.05) is 18.2 Å². The number of nitrogens with zero attached hydrogens (tertiary/aromatic N) is 3. The standard InChI is InChI=1S/C21H22N4S.ClH.H2O/c1-13-15-5-3-4-6-19(15)26-20(13)17-11-16-18(23-17)12-22-21(24-16)14-7-9-25(2)10-8-14;;/h3-6,11-12,14,23H,7-10H2,1-2H3;1H;1H2. The van der Waals surface area contributed by atoms with E-state index in [0.717, 1.165) is 48.5 Å². The summed E-state index contributed by atoms with van der Waals surface area (Å²) >= 11 is 1.84. The van der Waals surface area contributed by atoms with Gasteiger partial charge in [0, 0.05) is 10.6 Å². The van der Waals surface area contributed by atoms with E-state index >= 15 is 0 Å². The number of hydrogen-bond donors (Lipinski definition) is 1. The van der Waals surface area contributed by atoms with Crippen molar-refractivity contribution >= 4 is 44.9 Å². The summed E-state index contributed by atoms with van der Waals surface area (Å²) in [6.07, 6.45) is 4.26. The molecule has 5 rings (SSSR count). The summed E-state index contributed by atoms with van der Waals surface area (Å²) in [6.45, 7) is 4.46. The Morgan fingerprint density at radius 3 is 2.68 bits per heavy atom. The fourth-order valence-corrected chi connectivity index (χ4v) is 5.13. The molecular formula is C21H25ClN4OS. The first-order valence-corrected chi connectivity index (χ1v) is 10.0. The maximum absolute atomic E-state index is 4.90. The molecule has 4 aromatic rings. The molecule has 148 valence electrons. The smallest absolute Gasteiger partial charge is 0.132 e. The van der Waals surface area contributed by atoms with E-state index in [1.807, 2.05) is 17.5 Å². The lowest BCUT2D eigenvalue weighted by atomic mass is 9.96. The molecule has 1 aliphatic rings. The van der Waals surface area contributed by atoms with Crippen molar-refractivity contribution in [1.29, 1.82) is 0 Å². The summed E-state index contributed by atoms with van der Waals surface area (Å²) in [7, 11) is 2.19. The van der Waals surface area contributed by atoms with Crippen molar-refractivity contribution in [3.63, 3.8) is 0 Å². The first-order chi connectivity index (χ1) is 12.7. The van der Waals surface area contributed by atoms with Gasteiger partial charge in [-0.25, -0.2) is 9.97 Å². The van der Waals surface area contributed by atoms with Gasteiger partial charge in [0.05, 0.1) is 27.8 Å². The van der Waals surface area contributed by atoms with E-state index in [0.29, 0.717) is 5.92 Å². The number of benzene rings is 1. The van der Waals surface area contributed by atoms with E-state index < -0.39 is 0 Å². The van der Waals surface area contributed by atoms with Crippen LogP contribution in [-0.2, 0) is 0 Å². The molecule has 0 saturated carbocycles. The molecule has 0 unspecified atom stereocenters. The topological polar surface area (TPSA) is 76.3 Å². The van der Waals surface area contributed by atoms with E-state index in [9.17, 15) is 0 Å². The van der Waals surface area contributed by atoms with Crippen LogP contribution in [0.3, 0.4) is 0 Å². The lowest BCUT2D eigenvalue weighted by Crippen LogP contribution is -2.29. The van der Waals surface area contributed by atoms with Crippen LogP contribution < -0.4 is 0 Å². The molecule has 0 spiro atoms. The van der Waals surface area contributed by atoms with Gasteiger partial charge < -0.3 is 15.4 Å². The third-order valence-corrected chi connectivity index (χ3v) is 6.87. The summed E-state index contributed by atoms with van der Waals surface area (Å²) in [4.78, 5) is 16.8. The number of halogens is 1. The third-order valence-electron chi connectivity index (χ3n) is 5.56. The fraction of sp³-hybridized carbons (Fsp3) is 0.333. The van der Waals surface area contributed by atoms with Crippen LogP contribution in [0.2, 0.25) is 0 Å². The highest BCUT2D eigenvalue weighted by Crippen LogP contribution is 2.38. The molecule has 0 amide bonds. The van der Waals surface area contributed by atoms with E-state index in [2.05, 4.69) is 59.2 Å². The molecule has 0 atom stereocenters. The van der Waals surface area contributed by atoms with Gasteiger partial charge in [-0.15, -0.1) is 23.7 Å². The summed E-state index contributed by atoms with van der Waals surface area (Å²) < 4.78 is 1.33. The van der Waals surface area contributed by atoms with Crippen LogP contribution in [0.5, 0.6) is 0 Å². The zero-order valence-electron chi connectivity index (χ0n) is 16.0. The number of aryl methyl sites for hydroxylation is 1. The summed E-state index contributed by atoms with van der Waals surface area (Å²) in [5, 5.41) is 1.34. The quantitative estimate of drug-likeness (QED) is 0.520. The molecule has 7 heteroatoms. The van der Waals surface area contributed by atoms with Crippen molar-refractivity contribution in [2.24, 2.45) is 0 Å². The Bertz CT molecular complexity index is 1100.